The van der Waals surface area contributed by atoms with E-state index in [9.17, 15) is 4.79 Å². The second kappa shape index (κ2) is 4.98. The van der Waals surface area contributed by atoms with Gasteiger partial charge in [0, 0.05) is 31.4 Å². The Morgan fingerprint density at radius 3 is 2.78 bits per heavy atom. The van der Waals surface area contributed by atoms with Crippen molar-refractivity contribution in [1.82, 2.24) is 9.80 Å². The van der Waals surface area contributed by atoms with Crippen LogP contribution in [0, 0.1) is 6.92 Å². The summed E-state index contributed by atoms with van der Waals surface area (Å²) in [6.45, 7) is 6.61. The Balaban J connectivity index is 2.23. The van der Waals surface area contributed by atoms with E-state index in [0.29, 0.717) is 11.3 Å². The number of hydrogen-bond donors (Lipinski definition) is 1. The number of nitrogens with two attached hydrogens (primary N) is 1. The average molecular weight is 247 g/mol. The molecule has 2 rings (SSSR count). The number of anilines is 1. The fraction of sp³-hybridized carbons (Fsp3) is 0.500. The molecule has 1 saturated heterocycles. The molecule has 1 heterocycles. The molecule has 2 N–H and O–H groups in total. The highest BCUT2D eigenvalue weighted by Gasteiger charge is 2.27. The zero-order chi connectivity index (χ0) is 13.3. The van der Waals surface area contributed by atoms with Gasteiger partial charge in [-0.25, -0.2) is 0 Å². The molecule has 18 heavy (non-hydrogen) atoms. The third-order valence-corrected chi connectivity index (χ3v) is 3.65. The van der Waals surface area contributed by atoms with Crippen LogP contribution in [0.4, 0.5) is 5.69 Å². The number of amides is 1. The largest absolute Gasteiger partial charge is 0.398 e. The molecule has 1 aromatic rings. The topological polar surface area (TPSA) is 49.6 Å². The molecular weight excluding hydrogens is 226 g/mol. The van der Waals surface area contributed by atoms with Gasteiger partial charge in [0.15, 0.2) is 0 Å². The van der Waals surface area contributed by atoms with Crippen LogP contribution in [-0.4, -0.2) is 48.4 Å². The Kier molecular flexibility index (Phi) is 3.57. The quantitative estimate of drug-likeness (QED) is 0.762. The number of nitrogen functional groups attached to an aromatic ring is 1. The lowest BCUT2D eigenvalue weighted by Crippen LogP contribution is -2.52. The number of carbonyl (C=O) groups is 1. The van der Waals surface area contributed by atoms with Crippen molar-refractivity contribution in [2.75, 3.05) is 32.4 Å². The number of nitrogens with zero attached hydrogens (tertiary/aromatic N) is 2. The van der Waals surface area contributed by atoms with E-state index in [-0.39, 0.29) is 11.9 Å². The van der Waals surface area contributed by atoms with Crippen molar-refractivity contribution >= 4 is 11.6 Å². The SMILES string of the molecule is Cc1cccc(C(=O)N2CCN(C)CC2C)c1N. The molecule has 1 aromatic carbocycles. The van der Waals surface area contributed by atoms with Gasteiger partial charge in [-0.2, -0.15) is 0 Å². The summed E-state index contributed by atoms with van der Waals surface area (Å²) >= 11 is 0. The molecule has 0 bridgehead atoms. The summed E-state index contributed by atoms with van der Waals surface area (Å²) in [5.41, 5.74) is 8.20. The van der Waals surface area contributed by atoms with E-state index in [1.807, 2.05) is 30.0 Å². The van der Waals surface area contributed by atoms with Gasteiger partial charge in [-0.15, -0.1) is 0 Å². The summed E-state index contributed by atoms with van der Waals surface area (Å²) in [5, 5.41) is 0. The predicted octanol–water partition coefficient (Wildman–Crippen LogP) is 1.35. The summed E-state index contributed by atoms with van der Waals surface area (Å²) in [7, 11) is 2.08. The number of hydrogen-bond acceptors (Lipinski definition) is 3. The van der Waals surface area contributed by atoms with Crippen LogP contribution < -0.4 is 5.73 Å². The van der Waals surface area contributed by atoms with Crippen molar-refractivity contribution in [2.24, 2.45) is 0 Å². The molecule has 1 fully saturated rings. The molecule has 0 aromatic heterocycles. The van der Waals surface area contributed by atoms with Gasteiger partial charge in [0.1, 0.15) is 0 Å². The number of para-hydroxylation sites is 1. The second-order valence-corrected chi connectivity index (χ2v) is 5.15. The summed E-state index contributed by atoms with van der Waals surface area (Å²) in [6, 6.07) is 5.87. The lowest BCUT2D eigenvalue weighted by Gasteiger charge is -2.38. The molecule has 0 radical (unpaired) electrons. The molecule has 0 aliphatic carbocycles. The standard InChI is InChI=1S/C14H21N3O/c1-10-5-4-6-12(13(10)15)14(18)17-8-7-16(3)9-11(17)2/h4-6,11H,7-9,15H2,1-3H3. The molecule has 1 aliphatic rings. The van der Waals surface area contributed by atoms with Gasteiger partial charge in [0.2, 0.25) is 0 Å². The van der Waals surface area contributed by atoms with Crippen molar-refractivity contribution in [3.63, 3.8) is 0 Å². The van der Waals surface area contributed by atoms with Gasteiger partial charge >= 0.3 is 0 Å². The van der Waals surface area contributed by atoms with Crippen LogP contribution in [0.5, 0.6) is 0 Å². The molecular formula is C14H21N3O. The van der Waals surface area contributed by atoms with Gasteiger partial charge in [0.05, 0.1) is 5.56 Å². The Morgan fingerprint density at radius 2 is 2.11 bits per heavy atom. The molecule has 0 spiro atoms. The summed E-state index contributed by atoms with van der Waals surface area (Å²) < 4.78 is 0. The van der Waals surface area contributed by atoms with E-state index >= 15 is 0 Å². The van der Waals surface area contributed by atoms with Crippen molar-refractivity contribution in [2.45, 2.75) is 19.9 Å². The van der Waals surface area contributed by atoms with Crippen molar-refractivity contribution in [1.29, 1.82) is 0 Å². The third-order valence-electron chi connectivity index (χ3n) is 3.65. The monoisotopic (exact) mass is 247 g/mol. The van der Waals surface area contributed by atoms with E-state index in [1.54, 1.807) is 0 Å². The Hall–Kier alpha value is -1.55. The van der Waals surface area contributed by atoms with E-state index in [2.05, 4.69) is 18.9 Å². The van der Waals surface area contributed by atoms with E-state index in [4.69, 9.17) is 5.73 Å². The van der Waals surface area contributed by atoms with Crippen LogP contribution in [-0.2, 0) is 0 Å². The maximum Gasteiger partial charge on any atom is 0.256 e. The van der Waals surface area contributed by atoms with Crippen LogP contribution >= 0.6 is 0 Å². The van der Waals surface area contributed by atoms with Crippen molar-refractivity contribution in [3.8, 4) is 0 Å². The lowest BCUT2D eigenvalue weighted by atomic mass is 10.1. The minimum Gasteiger partial charge on any atom is -0.398 e. The number of likely N-dealkylation sites (N-methyl/N-ethyl adjacent to an activating group) is 1. The smallest absolute Gasteiger partial charge is 0.256 e. The minimum absolute atomic E-state index is 0.0526. The van der Waals surface area contributed by atoms with E-state index in [1.165, 1.54) is 0 Å². The van der Waals surface area contributed by atoms with Gasteiger partial charge in [-0.3, -0.25) is 4.79 Å². The number of benzene rings is 1. The Bertz CT molecular complexity index is 458. The van der Waals surface area contributed by atoms with Crippen molar-refractivity contribution in [3.05, 3.63) is 29.3 Å². The van der Waals surface area contributed by atoms with Crippen LogP contribution in [0.3, 0.4) is 0 Å². The van der Waals surface area contributed by atoms with Crippen LogP contribution in [0.15, 0.2) is 18.2 Å². The summed E-state index contributed by atoms with van der Waals surface area (Å²) in [5.74, 6) is 0.0526. The minimum atomic E-state index is 0.0526. The fourth-order valence-corrected chi connectivity index (χ4v) is 2.46. The molecule has 4 heteroatoms. The molecule has 1 aliphatic heterocycles. The van der Waals surface area contributed by atoms with Gasteiger partial charge in [0.25, 0.3) is 5.91 Å². The van der Waals surface area contributed by atoms with Crippen LogP contribution in [0.1, 0.15) is 22.8 Å². The second-order valence-electron chi connectivity index (χ2n) is 5.15. The van der Waals surface area contributed by atoms with Gasteiger partial charge in [-0.1, -0.05) is 12.1 Å². The average Bonchev–Trinajstić information content (AvgIpc) is 2.32. The number of piperazine rings is 1. The fourth-order valence-electron chi connectivity index (χ4n) is 2.46. The van der Waals surface area contributed by atoms with Crippen molar-refractivity contribution < 1.29 is 4.79 Å². The van der Waals surface area contributed by atoms with Gasteiger partial charge in [-0.05, 0) is 32.5 Å². The highest BCUT2D eigenvalue weighted by molar-refractivity contribution is 6.00. The van der Waals surface area contributed by atoms with Crippen LogP contribution in [0.2, 0.25) is 0 Å². The highest BCUT2D eigenvalue weighted by Crippen LogP contribution is 2.20. The van der Waals surface area contributed by atoms with E-state index in [0.717, 1.165) is 25.2 Å². The number of aryl methyl sites for hydroxylation is 1. The molecule has 1 unspecified atom stereocenters. The first-order valence-electron chi connectivity index (χ1n) is 6.35. The predicted molar refractivity (Wildman–Crippen MR) is 73.6 cm³/mol. The van der Waals surface area contributed by atoms with E-state index < -0.39 is 0 Å². The maximum absolute atomic E-state index is 12.5. The lowest BCUT2D eigenvalue weighted by molar-refractivity contribution is 0.0534. The number of carbonyl (C=O) groups excluding carboxylic acids is 1. The first-order chi connectivity index (χ1) is 8.50. The zero-order valence-electron chi connectivity index (χ0n) is 11.3. The third kappa shape index (κ3) is 2.34. The molecule has 1 atom stereocenters. The molecule has 0 saturated carbocycles. The summed E-state index contributed by atoms with van der Waals surface area (Å²) in [6.07, 6.45) is 0. The normalized spacial score (nSPS) is 21.1. The zero-order valence-corrected chi connectivity index (χ0v) is 11.3. The summed E-state index contributed by atoms with van der Waals surface area (Å²) in [4.78, 5) is 16.7. The number of rotatable bonds is 1. The highest BCUT2D eigenvalue weighted by atomic mass is 16.2. The first kappa shape index (κ1) is 12.9. The van der Waals surface area contributed by atoms with Crippen LogP contribution in [0.25, 0.3) is 0 Å². The maximum atomic E-state index is 12.5. The molecule has 1 amide bonds. The Morgan fingerprint density at radius 1 is 1.39 bits per heavy atom. The molecule has 98 valence electrons. The first-order valence-corrected chi connectivity index (χ1v) is 6.35. The van der Waals surface area contributed by atoms with Gasteiger partial charge < -0.3 is 15.5 Å². The Labute approximate surface area is 108 Å². The molecule has 4 nitrogen and oxygen atoms in total.